The summed E-state index contributed by atoms with van der Waals surface area (Å²) in [5.41, 5.74) is 24.5. The molecule has 79 heavy (non-hydrogen) atoms. The molecule has 0 atom stereocenters. The Morgan fingerprint density at radius 2 is 0.924 bits per heavy atom. The number of para-hydroxylation sites is 2. The summed E-state index contributed by atoms with van der Waals surface area (Å²) >= 11 is 0. The quantitative estimate of drug-likeness (QED) is 0.154. The number of fused-ring (bicyclic) bond motifs is 10. The van der Waals surface area contributed by atoms with Gasteiger partial charge in [0.25, 0.3) is 6.71 Å². The molecule has 0 spiro atoms. The van der Waals surface area contributed by atoms with Crippen LogP contribution >= 0.6 is 0 Å². The van der Waals surface area contributed by atoms with E-state index >= 15 is 0 Å². The summed E-state index contributed by atoms with van der Waals surface area (Å²) in [6.07, 6.45) is 0. The van der Waals surface area contributed by atoms with E-state index in [1.807, 2.05) is 0 Å². The van der Waals surface area contributed by atoms with Gasteiger partial charge in [0.15, 0.2) is 0 Å². The lowest BCUT2D eigenvalue weighted by atomic mass is 9.34. The van der Waals surface area contributed by atoms with E-state index < -0.39 is 5.41 Å². The van der Waals surface area contributed by atoms with E-state index in [0.717, 1.165) is 45.3 Å². The molecule has 11 aromatic carbocycles. The molecule has 0 fully saturated rings. The highest BCUT2D eigenvalue weighted by atomic mass is 16.5. The molecule has 3 aliphatic rings. The summed E-state index contributed by atoms with van der Waals surface area (Å²) < 4.78 is 10.0. The molecule has 378 valence electrons. The van der Waals surface area contributed by atoms with Gasteiger partial charge in [-0.3, -0.25) is 0 Å². The Bertz CT molecular complexity index is 4290. The average Bonchev–Trinajstić information content (AvgIpc) is 3.08. The molecule has 1 aliphatic carbocycles. The number of benzene rings is 11. The normalized spacial score (nSPS) is 13.8. The van der Waals surface area contributed by atoms with Gasteiger partial charge in [-0.2, -0.15) is 0 Å². The van der Waals surface area contributed by atoms with Crippen LogP contribution in [-0.2, 0) is 16.2 Å². The van der Waals surface area contributed by atoms with Gasteiger partial charge in [0.2, 0.25) is 0 Å². The predicted octanol–water partition coefficient (Wildman–Crippen LogP) is 17.5. The first-order valence-corrected chi connectivity index (χ1v) is 27.9. The Balaban J connectivity index is 1.04. The molecule has 0 amide bonds. The number of ether oxygens (including phenoxy) is 1. The van der Waals surface area contributed by atoms with Crippen molar-refractivity contribution in [2.75, 3.05) is 4.90 Å². The molecule has 0 unspecified atom stereocenters. The number of rotatable bonds is 6. The van der Waals surface area contributed by atoms with E-state index in [9.17, 15) is 0 Å². The summed E-state index contributed by atoms with van der Waals surface area (Å²) in [4.78, 5) is 2.55. The maximum Gasteiger partial charge on any atom is 0.256 e. The number of hydrogen-bond donors (Lipinski definition) is 0. The topological polar surface area (TPSA) is 17.4 Å². The van der Waals surface area contributed by atoms with E-state index in [4.69, 9.17) is 4.74 Å². The second-order valence-corrected chi connectivity index (χ2v) is 24.1. The number of hydrogen-bond acceptors (Lipinski definition) is 2. The summed E-state index contributed by atoms with van der Waals surface area (Å²) in [7, 11) is 0. The summed E-state index contributed by atoms with van der Waals surface area (Å²) in [6, 6.07) is 93.2. The minimum atomic E-state index is -0.667. The molecule has 0 saturated carbocycles. The van der Waals surface area contributed by atoms with Gasteiger partial charge in [0, 0.05) is 33.5 Å². The smallest absolute Gasteiger partial charge is 0.256 e. The largest absolute Gasteiger partial charge is 0.458 e. The maximum absolute atomic E-state index is 7.55. The van der Waals surface area contributed by atoms with Crippen LogP contribution in [0.1, 0.15) is 74.9 Å². The Morgan fingerprint density at radius 1 is 0.380 bits per heavy atom. The van der Waals surface area contributed by atoms with Crippen molar-refractivity contribution in [2.24, 2.45) is 0 Å². The number of aromatic nitrogens is 1. The van der Waals surface area contributed by atoms with Gasteiger partial charge in [0.05, 0.1) is 16.4 Å². The minimum Gasteiger partial charge on any atom is -0.458 e. The first-order chi connectivity index (χ1) is 38.4. The van der Waals surface area contributed by atoms with Gasteiger partial charge in [-0.25, -0.2) is 0 Å². The van der Waals surface area contributed by atoms with E-state index in [0.29, 0.717) is 0 Å². The Kier molecular flexibility index (Phi) is 10.4. The molecule has 0 bridgehead atoms. The first kappa shape index (κ1) is 47.1. The van der Waals surface area contributed by atoms with Gasteiger partial charge in [-0.1, -0.05) is 236 Å². The third kappa shape index (κ3) is 7.20. The van der Waals surface area contributed by atoms with Gasteiger partial charge >= 0.3 is 0 Å². The van der Waals surface area contributed by atoms with Crippen LogP contribution in [0.5, 0.6) is 11.5 Å². The predicted molar refractivity (Wildman–Crippen MR) is 332 cm³/mol. The molecular weight excluding hydrogens is 956 g/mol. The summed E-state index contributed by atoms with van der Waals surface area (Å²) in [6.45, 7) is 13.8. The van der Waals surface area contributed by atoms with Crippen LogP contribution in [0.4, 0.5) is 17.1 Å². The Hall–Kier alpha value is -9.12. The van der Waals surface area contributed by atoms with Gasteiger partial charge in [-0.15, -0.1) is 0 Å². The highest BCUT2D eigenvalue weighted by molar-refractivity contribution is 6.99. The molecule has 0 saturated heterocycles. The summed E-state index contributed by atoms with van der Waals surface area (Å²) in [5.74, 6) is 1.76. The fraction of sp³-hybridized carbons (Fsp3) is 0.120. The highest BCUT2D eigenvalue weighted by Crippen LogP contribution is 2.58. The fourth-order valence-electron chi connectivity index (χ4n) is 13.6. The molecule has 3 heterocycles. The van der Waals surface area contributed by atoms with Crippen LogP contribution in [-0.4, -0.2) is 11.3 Å². The van der Waals surface area contributed by atoms with Crippen LogP contribution in [0.15, 0.2) is 249 Å². The third-order valence-corrected chi connectivity index (χ3v) is 17.4. The zero-order valence-corrected chi connectivity index (χ0v) is 45.6. The second kappa shape index (κ2) is 17.4. The zero-order chi connectivity index (χ0) is 53.4. The zero-order valence-electron chi connectivity index (χ0n) is 45.6. The van der Waals surface area contributed by atoms with Gasteiger partial charge in [-0.05, 0) is 149 Å². The van der Waals surface area contributed by atoms with Crippen molar-refractivity contribution in [3.8, 4) is 50.6 Å². The van der Waals surface area contributed by atoms with Crippen LogP contribution in [0, 0.1) is 0 Å². The SMILES string of the molecule is CC(C)(C)c1cc(-c2ccc3c(c2)B2c4ccc(-n5c6ccccc6c6ccccc65)cc4N(c4ccc(-c5ccccc5)cc4)c4cc(C5(c6ccccc6)c6ccccc6-c6ccccc65)cc(c42)O3)cc(C(C)(C)C)c1. The molecule has 2 aliphatic heterocycles. The van der Waals surface area contributed by atoms with Crippen LogP contribution in [0.25, 0.3) is 60.9 Å². The van der Waals surface area contributed by atoms with E-state index in [-0.39, 0.29) is 17.5 Å². The van der Waals surface area contributed by atoms with Crippen LogP contribution < -0.4 is 26.0 Å². The van der Waals surface area contributed by atoms with E-state index in [1.165, 1.54) is 93.9 Å². The third-order valence-electron chi connectivity index (χ3n) is 17.4. The summed E-state index contributed by atoms with van der Waals surface area (Å²) in [5, 5.41) is 2.48. The monoisotopic (exact) mass is 1010 g/mol. The number of nitrogens with zero attached hydrogens (tertiary/aromatic N) is 2. The molecule has 1 aromatic heterocycles. The van der Waals surface area contributed by atoms with Crippen molar-refractivity contribution in [3.05, 3.63) is 282 Å². The van der Waals surface area contributed by atoms with Crippen molar-refractivity contribution < 1.29 is 4.74 Å². The van der Waals surface area contributed by atoms with Gasteiger partial charge in [0.1, 0.15) is 11.5 Å². The molecule has 0 N–H and O–H groups in total. The Labute approximate surface area is 464 Å². The maximum atomic E-state index is 7.55. The lowest BCUT2D eigenvalue weighted by Gasteiger charge is -2.42. The van der Waals surface area contributed by atoms with Crippen molar-refractivity contribution >= 4 is 62.0 Å². The number of anilines is 3. The fourth-order valence-corrected chi connectivity index (χ4v) is 13.6. The van der Waals surface area contributed by atoms with Crippen molar-refractivity contribution in [3.63, 3.8) is 0 Å². The van der Waals surface area contributed by atoms with Crippen LogP contribution in [0.3, 0.4) is 0 Å². The first-order valence-electron chi connectivity index (χ1n) is 27.9. The molecule has 12 aromatic rings. The lowest BCUT2D eigenvalue weighted by molar-refractivity contribution is 0.486. The van der Waals surface area contributed by atoms with E-state index in [2.05, 4.69) is 300 Å². The minimum absolute atomic E-state index is 0.0323. The average molecular weight is 1020 g/mol. The molecule has 4 heteroatoms. The Morgan fingerprint density at radius 3 is 1.56 bits per heavy atom. The van der Waals surface area contributed by atoms with Crippen LogP contribution in [0.2, 0.25) is 0 Å². The molecular formula is C75H59BN2O. The standard InChI is InChI=1S/C75H59BN2O/c1-73(2,3)53-41-51(42-54(44-53)74(4,5)6)50-35-40-70-65(43-50)76-64-39-38-57(78-66-31-19-15-27-60(66)61-28-16-20-32-67(61)78)47-68(64)77(56-36-33-49(34-37-56)48-21-9-7-10-22-48)69-45-55(46-71(79-70)72(69)76)75(52-23-11-8-12-24-52)62-29-17-13-25-58(62)59-26-14-18-30-63(59)75/h7-47H,1-6H3. The molecule has 15 rings (SSSR count). The molecule has 3 nitrogen and oxygen atoms in total. The van der Waals surface area contributed by atoms with Crippen molar-refractivity contribution in [2.45, 2.75) is 57.8 Å². The lowest BCUT2D eigenvalue weighted by Crippen LogP contribution is -2.59. The van der Waals surface area contributed by atoms with E-state index in [1.54, 1.807) is 0 Å². The highest BCUT2D eigenvalue weighted by Gasteiger charge is 2.49. The van der Waals surface area contributed by atoms with Gasteiger partial charge < -0.3 is 14.2 Å². The molecule has 0 radical (unpaired) electrons. The second-order valence-electron chi connectivity index (χ2n) is 24.1. The van der Waals surface area contributed by atoms with Crippen molar-refractivity contribution in [1.29, 1.82) is 0 Å². The van der Waals surface area contributed by atoms with Crippen molar-refractivity contribution in [1.82, 2.24) is 4.57 Å².